The SMILES string of the molecule is C=C(/C=C\CC)Nc1ccccc1OCC. The second kappa shape index (κ2) is 6.72. The number of allylic oxidation sites excluding steroid dienone is 2. The zero-order valence-corrected chi connectivity index (χ0v) is 9.99. The van der Waals surface area contributed by atoms with Crippen LogP contribution >= 0.6 is 0 Å². The van der Waals surface area contributed by atoms with Crippen LogP contribution in [-0.4, -0.2) is 6.61 Å². The van der Waals surface area contributed by atoms with Crippen LogP contribution in [0.5, 0.6) is 5.75 Å². The molecule has 0 aliphatic rings. The van der Waals surface area contributed by atoms with Gasteiger partial charge in [-0.3, -0.25) is 0 Å². The molecule has 1 N–H and O–H groups in total. The maximum atomic E-state index is 5.51. The molecule has 0 aromatic heterocycles. The molecule has 16 heavy (non-hydrogen) atoms. The zero-order chi connectivity index (χ0) is 11.8. The number of nitrogens with one attached hydrogen (secondary N) is 1. The molecule has 0 unspecified atom stereocenters. The molecule has 0 aliphatic heterocycles. The zero-order valence-electron chi connectivity index (χ0n) is 9.99. The van der Waals surface area contributed by atoms with Gasteiger partial charge in [0.15, 0.2) is 0 Å². The predicted octanol–water partition coefficient (Wildman–Crippen LogP) is 3.98. The fraction of sp³-hybridized carbons (Fsp3) is 0.286. The van der Waals surface area contributed by atoms with Gasteiger partial charge in [0, 0.05) is 5.70 Å². The van der Waals surface area contributed by atoms with E-state index in [9.17, 15) is 0 Å². The molecule has 0 radical (unpaired) electrons. The molecule has 0 fully saturated rings. The molecule has 0 heterocycles. The van der Waals surface area contributed by atoms with Crippen LogP contribution in [0.3, 0.4) is 0 Å². The van der Waals surface area contributed by atoms with Gasteiger partial charge in [-0.15, -0.1) is 0 Å². The van der Waals surface area contributed by atoms with Crippen LogP contribution in [0.4, 0.5) is 5.69 Å². The Morgan fingerprint density at radius 1 is 1.38 bits per heavy atom. The lowest BCUT2D eigenvalue weighted by Gasteiger charge is -2.11. The topological polar surface area (TPSA) is 21.3 Å². The maximum Gasteiger partial charge on any atom is 0.142 e. The van der Waals surface area contributed by atoms with Gasteiger partial charge in [-0.05, 0) is 31.6 Å². The molecule has 1 aromatic carbocycles. The highest BCUT2D eigenvalue weighted by Crippen LogP contribution is 2.24. The third-order valence-corrected chi connectivity index (χ3v) is 2.04. The summed E-state index contributed by atoms with van der Waals surface area (Å²) >= 11 is 0. The van der Waals surface area contributed by atoms with Crippen LogP contribution in [0.1, 0.15) is 20.3 Å². The molecule has 0 spiro atoms. The minimum Gasteiger partial charge on any atom is -0.492 e. The summed E-state index contributed by atoms with van der Waals surface area (Å²) in [5.41, 5.74) is 1.82. The lowest BCUT2D eigenvalue weighted by Crippen LogP contribution is -2.00. The Morgan fingerprint density at radius 2 is 2.12 bits per heavy atom. The van der Waals surface area contributed by atoms with Crippen LogP contribution in [0, 0.1) is 0 Å². The van der Waals surface area contributed by atoms with Gasteiger partial charge in [-0.1, -0.05) is 31.7 Å². The van der Waals surface area contributed by atoms with Gasteiger partial charge in [0.25, 0.3) is 0 Å². The van der Waals surface area contributed by atoms with Crippen molar-refractivity contribution < 1.29 is 4.74 Å². The van der Waals surface area contributed by atoms with Gasteiger partial charge in [0.2, 0.25) is 0 Å². The fourth-order valence-electron chi connectivity index (χ4n) is 1.33. The van der Waals surface area contributed by atoms with E-state index in [0.29, 0.717) is 6.61 Å². The van der Waals surface area contributed by atoms with Crippen LogP contribution in [0.2, 0.25) is 0 Å². The maximum absolute atomic E-state index is 5.51. The summed E-state index contributed by atoms with van der Waals surface area (Å²) in [7, 11) is 0. The summed E-state index contributed by atoms with van der Waals surface area (Å²) in [6, 6.07) is 7.86. The van der Waals surface area contributed by atoms with Crippen molar-refractivity contribution in [1.82, 2.24) is 0 Å². The summed E-state index contributed by atoms with van der Waals surface area (Å²) in [5, 5.41) is 3.22. The molecular weight excluding hydrogens is 198 g/mol. The molecule has 0 bridgehead atoms. The number of rotatable bonds is 6. The van der Waals surface area contributed by atoms with Crippen molar-refractivity contribution in [2.75, 3.05) is 11.9 Å². The van der Waals surface area contributed by atoms with Crippen molar-refractivity contribution in [1.29, 1.82) is 0 Å². The summed E-state index contributed by atoms with van der Waals surface area (Å²) in [5.74, 6) is 0.857. The van der Waals surface area contributed by atoms with Crippen LogP contribution < -0.4 is 10.1 Å². The van der Waals surface area contributed by atoms with Crippen molar-refractivity contribution in [3.05, 3.63) is 48.7 Å². The summed E-state index contributed by atoms with van der Waals surface area (Å²) in [4.78, 5) is 0. The van der Waals surface area contributed by atoms with E-state index in [2.05, 4.69) is 24.9 Å². The first kappa shape index (κ1) is 12.4. The summed E-state index contributed by atoms with van der Waals surface area (Å²) in [6.45, 7) is 8.67. The third-order valence-electron chi connectivity index (χ3n) is 2.04. The number of ether oxygens (including phenoxy) is 1. The summed E-state index contributed by atoms with van der Waals surface area (Å²) < 4.78 is 5.51. The highest BCUT2D eigenvalue weighted by Gasteiger charge is 2.01. The molecule has 0 aliphatic carbocycles. The number of hydrogen-bond acceptors (Lipinski definition) is 2. The molecule has 0 saturated heterocycles. The molecule has 0 amide bonds. The number of benzene rings is 1. The molecule has 2 nitrogen and oxygen atoms in total. The lowest BCUT2D eigenvalue weighted by molar-refractivity contribution is 0.342. The second-order valence-electron chi connectivity index (χ2n) is 3.39. The average molecular weight is 217 g/mol. The van der Waals surface area contributed by atoms with Gasteiger partial charge in [-0.2, -0.15) is 0 Å². The molecule has 0 atom stereocenters. The standard InChI is InChI=1S/C14H19NO/c1-4-6-9-12(3)15-13-10-7-8-11-14(13)16-5-2/h6-11,15H,3-5H2,1-2H3/b9-6-. The number of anilines is 1. The van der Waals surface area contributed by atoms with E-state index in [1.165, 1.54) is 0 Å². The first-order chi connectivity index (χ1) is 7.77. The number of para-hydroxylation sites is 2. The second-order valence-corrected chi connectivity index (χ2v) is 3.39. The van der Waals surface area contributed by atoms with Crippen LogP contribution in [0.25, 0.3) is 0 Å². The Kier molecular flexibility index (Phi) is 5.20. The predicted molar refractivity (Wildman–Crippen MR) is 69.8 cm³/mol. The highest BCUT2D eigenvalue weighted by molar-refractivity contribution is 5.60. The van der Waals surface area contributed by atoms with E-state index < -0.39 is 0 Å². The Morgan fingerprint density at radius 3 is 2.81 bits per heavy atom. The molecule has 1 rings (SSSR count). The van der Waals surface area contributed by atoms with Crippen LogP contribution in [0.15, 0.2) is 48.7 Å². The minimum atomic E-state index is 0.663. The Balaban J connectivity index is 2.72. The van der Waals surface area contributed by atoms with E-state index in [1.54, 1.807) is 0 Å². The van der Waals surface area contributed by atoms with Crippen molar-refractivity contribution >= 4 is 5.69 Å². The lowest BCUT2D eigenvalue weighted by atomic mass is 10.2. The van der Waals surface area contributed by atoms with Crippen molar-refractivity contribution in [2.45, 2.75) is 20.3 Å². The monoisotopic (exact) mass is 217 g/mol. The normalized spacial score (nSPS) is 10.4. The van der Waals surface area contributed by atoms with E-state index in [0.717, 1.165) is 23.6 Å². The van der Waals surface area contributed by atoms with Gasteiger partial charge in [0.1, 0.15) is 5.75 Å². The van der Waals surface area contributed by atoms with Gasteiger partial charge in [0.05, 0.1) is 12.3 Å². The highest BCUT2D eigenvalue weighted by atomic mass is 16.5. The third kappa shape index (κ3) is 3.81. The average Bonchev–Trinajstić information content (AvgIpc) is 2.29. The molecule has 1 aromatic rings. The fourth-order valence-corrected chi connectivity index (χ4v) is 1.33. The van der Waals surface area contributed by atoms with Crippen molar-refractivity contribution in [3.63, 3.8) is 0 Å². The summed E-state index contributed by atoms with van der Waals surface area (Å²) in [6.07, 6.45) is 5.05. The minimum absolute atomic E-state index is 0.663. The molecule has 2 heteroatoms. The van der Waals surface area contributed by atoms with Gasteiger partial charge < -0.3 is 10.1 Å². The van der Waals surface area contributed by atoms with E-state index in [-0.39, 0.29) is 0 Å². The van der Waals surface area contributed by atoms with Gasteiger partial charge in [-0.25, -0.2) is 0 Å². The largest absolute Gasteiger partial charge is 0.492 e. The Labute approximate surface area is 97.6 Å². The first-order valence-electron chi connectivity index (χ1n) is 5.62. The van der Waals surface area contributed by atoms with Crippen molar-refractivity contribution in [3.8, 4) is 5.75 Å². The Bertz CT molecular complexity index is 369. The smallest absolute Gasteiger partial charge is 0.142 e. The molecular formula is C14H19NO. The molecule has 0 saturated carbocycles. The van der Waals surface area contributed by atoms with E-state index >= 15 is 0 Å². The Hall–Kier alpha value is -1.70. The van der Waals surface area contributed by atoms with Crippen LogP contribution in [-0.2, 0) is 0 Å². The quantitative estimate of drug-likeness (QED) is 0.728. The number of hydrogen-bond donors (Lipinski definition) is 1. The van der Waals surface area contributed by atoms with Gasteiger partial charge >= 0.3 is 0 Å². The molecule has 86 valence electrons. The van der Waals surface area contributed by atoms with Crippen molar-refractivity contribution in [2.24, 2.45) is 0 Å². The van der Waals surface area contributed by atoms with E-state index in [4.69, 9.17) is 4.74 Å². The van der Waals surface area contributed by atoms with E-state index in [1.807, 2.05) is 37.3 Å². The first-order valence-corrected chi connectivity index (χ1v) is 5.62.